The number of hydrogen-bond donors (Lipinski definition) is 2. The van der Waals surface area contributed by atoms with Gasteiger partial charge in [0.05, 0.1) is 17.7 Å². The van der Waals surface area contributed by atoms with Crippen molar-refractivity contribution in [3.8, 4) is 0 Å². The summed E-state index contributed by atoms with van der Waals surface area (Å²) < 4.78 is 4.94. The molecule has 0 spiro atoms. The summed E-state index contributed by atoms with van der Waals surface area (Å²) in [5.41, 5.74) is 1.61. The molecular weight excluding hydrogens is 346 g/mol. The SMILES string of the molecule is CCOC(=O)c1ccc(Nc2ncc(C(=O)NCCCN(C)C)cn2)cc1. The number of hydrogen-bond acceptors (Lipinski definition) is 7. The van der Waals surface area contributed by atoms with Gasteiger partial charge in [-0.3, -0.25) is 4.79 Å². The largest absolute Gasteiger partial charge is 0.462 e. The molecule has 0 unspecified atom stereocenters. The van der Waals surface area contributed by atoms with Gasteiger partial charge in [0.15, 0.2) is 0 Å². The Morgan fingerprint density at radius 1 is 1.07 bits per heavy atom. The number of anilines is 2. The van der Waals surface area contributed by atoms with Crippen molar-refractivity contribution in [2.24, 2.45) is 0 Å². The van der Waals surface area contributed by atoms with Crippen molar-refractivity contribution in [2.75, 3.05) is 39.1 Å². The van der Waals surface area contributed by atoms with E-state index in [2.05, 4.69) is 25.5 Å². The van der Waals surface area contributed by atoms with E-state index in [9.17, 15) is 9.59 Å². The normalized spacial score (nSPS) is 10.5. The lowest BCUT2D eigenvalue weighted by atomic mass is 10.2. The van der Waals surface area contributed by atoms with E-state index in [0.717, 1.165) is 18.7 Å². The van der Waals surface area contributed by atoms with Gasteiger partial charge in [-0.25, -0.2) is 14.8 Å². The number of esters is 1. The summed E-state index contributed by atoms with van der Waals surface area (Å²) in [6.07, 6.45) is 3.83. The first kappa shape index (κ1) is 20.3. The van der Waals surface area contributed by atoms with Crippen molar-refractivity contribution in [3.63, 3.8) is 0 Å². The van der Waals surface area contributed by atoms with E-state index in [-0.39, 0.29) is 11.9 Å². The molecule has 1 aromatic heterocycles. The fraction of sp³-hybridized carbons (Fsp3) is 0.368. The smallest absolute Gasteiger partial charge is 0.338 e. The Bertz CT molecular complexity index is 745. The number of ether oxygens (including phenoxy) is 1. The van der Waals surface area contributed by atoms with E-state index < -0.39 is 0 Å². The van der Waals surface area contributed by atoms with Gasteiger partial charge in [0.1, 0.15) is 0 Å². The lowest BCUT2D eigenvalue weighted by Gasteiger charge is -2.10. The number of carbonyl (C=O) groups is 2. The molecule has 0 aliphatic rings. The van der Waals surface area contributed by atoms with Gasteiger partial charge >= 0.3 is 5.97 Å². The van der Waals surface area contributed by atoms with Crippen LogP contribution in [0.25, 0.3) is 0 Å². The van der Waals surface area contributed by atoms with Crippen LogP contribution in [0.4, 0.5) is 11.6 Å². The number of nitrogens with zero attached hydrogens (tertiary/aromatic N) is 3. The summed E-state index contributed by atoms with van der Waals surface area (Å²) in [5.74, 6) is -0.191. The molecule has 1 aromatic carbocycles. The average Bonchev–Trinajstić information content (AvgIpc) is 2.66. The van der Waals surface area contributed by atoms with Crippen molar-refractivity contribution in [2.45, 2.75) is 13.3 Å². The predicted octanol–water partition coefficient (Wildman–Crippen LogP) is 2.08. The summed E-state index contributed by atoms with van der Waals surface area (Å²) >= 11 is 0. The van der Waals surface area contributed by atoms with E-state index in [1.165, 1.54) is 12.4 Å². The fourth-order valence-electron chi connectivity index (χ4n) is 2.24. The van der Waals surface area contributed by atoms with Gasteiger partial charge in [-0.15, -0.1) is 0 Å². The molecule has 0 bridgehead atoms. The molecule has 0 fully saturated rings. The maximum absolute atomic E-state index is 12.0. The Hall–Kier alpha value is -3.00. The highest BCUT2D eigenvalue weighted by Crippen LogP contribution is 2.14. The van der Waals surface area contributed by atoms with E-state index in [0.29, 0.717) is 30.2 Å². The monoisotopic (exact) mass is 371 g/mol. The molecule has 144 valence electrons. The van der Waals surface area contributed by atoms with Gasteiger partial charge in [-0.1, -0.05) is 0 Å². The fourth-order valence-corrected chi connectivity index (χ4v) is 2.24. The first-order chi connectivity index (χ1) is 13.0. The highest BCUT2D eigenvalue weighted by Gasteiger charge is 2.08. The highest BCUT2D eigenvalue weighted by molar-refractivity contribution is 5.93. The molecule has 1 amide bonds. The lowest BCUT2D eigenvalue weighted by Crippen LogP contribution is -2.27. The van der Waals surface area contributed by atoms with E-state index in [1.54, 1.807) is 31.2 Å². The van der Waals surface area contributed by atoms with Crippen molar-refractivity contribution in [1.29, 1.82) is 0 Å². The molecule has 0 aliphatic heterocycles. The average molecular weight is 371 g/mol. The van der Waals surface area contributed by atoms with Gasteiger partial charge in [0, 0.05) is 24.6 Å². The second kappa shape index (κ2) is 10.2. The van der Waals surface area contributed by atoms with Gasteiger partial charge < -0.3 is 20.3 Å². The highest BCUT2D eigenvalue weighted by atomic mass is 16.5. The number of benzene rings is 1. The Labute approximate surface area is 159 Å². The second-order valence-electron chi connectivity index (χ2n) is 6.13. The Balaban J connectivity index is 1.88. The van der Waals surface area contributed by atoms with Crippen LogP contribution in [-0.4, -0.2) is 60.5 Å². The minimum Gasteiger partial charge on any atom is -0.462 e. The van der Waals surface area contributed by atoms with Crippen LogP contribution in [0.1, 0.15) is 34.1 Å². The molecule has 1 heterocycles. The molecular formula is C19H25N5O3. The van der Waals surface area contributed by atoms with Crippen molar-refractivity contribution < 1.29 is 14.3 Å². The molecule has 0 atom stereocenters. The van der Waals surface area contributed by atoms with Crippen LogP contribution in [0, 0.1) is 0 Å². The quantitative estimate of drug-likeness (QED) is 0.514. The summed E-state index contributed by atoms with van der Waals surface area (Å²) in [7, 11) is 3.98. The standard InChI is InChI=1S/C19H25N5O3/c1-4-27-18(26)14-6-8-16(9-7-14)23-19-21-12-15(13-22-19)17(25)20-10-5-11-24(2)3/h6-9,12-13H,4-5,10-11H2,1-3H3,(H,20,25)(H,21,22,23). The molecule has 2 rings (SSSR count). The molecule has 2 N–H and O–H groups in total. The maximum atomic E-state index is 12.0. The van der Waals surface area contributed by atoms with Gasteiger partial charge in [0.2, 0.25) is 5.95 Å². The van der Waals surface area contributed by atoms with Crippen molar-refractivity contribution in [1.82, 2.24) is 20.2 Å². The van der Waals surface area contributed by atoms with E-state index >= 15 is 0 Å². The van der Waals surface area contributed by atoms with Crippen LogP contribution >= 0.6 is 0 Å². The van der Waals surface area contributed by atoms with E-state index in [4.69, 9.17) is 4.74 Å². The van der Waals surface area contributed by atoms with Crippen LogP contribution in [0.5, 0.6) is 0 Å². The topological polar surface area (TPSA) is 96.4 Å². The molecule has 8 nitrogen and oxygen atoms in total. The molecule has 0 aliphatic carbocycles. The molecule has 2 aromatic rings. The first-order valence-electron chi connectivity index (χ1n) is 8.78. The second-order valence-corrected chi connectivity index (χ2v) is 6.13. The van der Waals surface area contributed by atoms with Crippen LogP contribution < -0.4 is 10.6 Å². The maximum Gasteiger partial charge on any atom is 0.338 e. The number of nitrogens with one attached hydrogen (secondary N) is 2. The number of amides is 1. The minimum absolute atomic E-state index is 0.195. The summed E-state index contributed by atoms with van der Waals surface area (Å²) in [5, 5.41) is 5.86. The van der Waals surface area contributed by atoms with Crippen LogP contribution in [0.3, 0.4) is 0 Å². The van der Waals surface area contributed by atoms with Crippen molar-refractivity contribution >= 4 is 23.5 Å². The Kier molecular flexibility index (Phi) is 7.69. The molecule has 8 heteroatoms. The molecule has 0 radical (unpaired) electrons. The molecule has 0 saturated carbocycles. The Morgan fingerprint density at radius 3 is 2.33 bits per heavy atom. The first-order valence-corrected chi connectivity index (χ1v) is 8.78. The zero-order valence-electron chi connectivity index (χ0n) is 15.9. The summed E-state index contributed by atoms with van der Waals surface area (Å²) in [4.78, 5) is 34.1. The van der Waals surface area contributed by atoms with E-state index in [1.807, 2.05) is 14.1 Å². The summed E-state index contributed by atoms with van der Waals surface area (Å²) in [6, 6.07) is 6.80. The van der Waals surface area contributed by atoms with Gasteiger partial charge in [-0.05, 0) is 58.3 Å². The number of rotatable bonds is 9. The Morgan fingerprint density at radius 2 is 1.74 bits per heavy atom. The zero-order valence-corrected chi connectivity index (χ0v) is 15.9. The van der Waals surface area contributed by atoms with Crippen LogP contribution in [0.2, 0.25) is 0 Å². The third-order valence-electron chi connectivity index (χ3n) is 3.63. The van der Waals surface area contributed by atoms with Gasteiger partial charge in [-0.2, -0.15) is 0 Å². The lowest BCUT2D eigenvalue weighted by molar-refractivity contribution is 0.0526. The van der Waals surface area contributed by atoms with Crippen molar-refractivity contribution in [3.05, 3.63) is 47.8 Å². The summed E-state index contributed by atoms with van der Waals surface area (Å²) in [6.45, 7) is 3.61. The molecule has 27 heavy (non-hydrogen) atoms. The number of carbonyl (C=O) groups excluding carboxylic acids is 2. The zero-order chi connectivity index (χ0) is 19.6. The minimum atomic E-state index is -0.360. The predicted molar refractivity (Wildman–Crippen MR) is 103 cm³/mol. The number of aromatic nitrogens is 2. The molecule has 0 saturated heterocycles. The van der Waals surface area contributed by atoms with Crippen LogP contribution in [-0.2, 0) is 4.74 Å². The third kappa shape index (κ3) is 6.67. The van der Waals surface area contributed by atoms with Crippen LogP contribution in [0.15, 0.2) is 36.7 Å². The third-order valence-corrected chi connectivity index (χ3v) is 3.63. The van der Waals surface area contributed by atoms with Gasteiger partial charge in [0.25, 0.3) is 5.91 Å².